The summed E-state index contributed by atoms with van der Waals surface area (Å²) in [6.07, 6.45) is -0.546. The summed E-state index contributed by atoms with van der Waals surface area (Å²) >= 11 is 6.02. The molecule has 1 aromatic rings. The van der Waals surface area contributed by atoms with Gasteiger partial charge in [0, 0.05) is 17.7 Å². The van der Waals surface area contributed by atoms with Gasteiger partial charge in [-0.3, -0.25) is 0 Å². The van der Waals surface area contributed by atoms with Crippen LogP contribution >= 0.6 is 11.6 Å². The molecular formula is C14H15ClN2O3. The molecule has 0 spiro atoms. The highest BCUT2D eigenvalue weighted by Gasteiger charge is 2.24. The quantitative estimate of drug-likeness (QED) is 0.664. The summed E-state index contributed by atoms with van der Waals surface area (Å²) in [6.45, 7) is 3.86. The van der Waals surface area contributed by atoms with E-state index in [2.05, 4.69) is 10.3 Å². The van der Waals surface area contributed by atoms with Gasteiger partial charge in [-0.15, -0.1) is 0 Å². The van der Waals surface area contributed by atoms with Crippen molar-refractivity contribution in [2.75, 3.05) is 6.61 Å². The number of hydrogen-bond donors (Lipinski definition) is 2. The number of aliphatic imine (C=N–C) groups is 1. The molecule has 0 aromatic heterocycles. The van der Waals surface area contributed by atoms with Gasteiger partial charge in [-0.1, -0.05) is 24.3 Å². The molecule has 1 atom stereocenters. The number of fused-ring (bicyclic) bond motifs is 1. The van der Waals surface area contributed by atoms with Crippen molar-refractivity contribution >= 4 is 28.6 Å². The zero-order valence-electron chi connectivity index (χ0n) is 11.2. The number of halogens is 1. The number of benzene rings is 1. The molecule has 0 bridgehead atoms. The second-order valence-electron chi connectivity index (χ2n) is 4.25. The van der Waals surface area contributed by atoms with Gasteiger partial charge in [-0.2, -0.15) is 0 Å². The fourth-order valence-corrected chi connectivity index (χ4v) is 2.19. The molecule has 1 aliphatic rings. The maximum absolute atomic E-state index is 11.2. The van der Waals surface area contributed by atoms with E-state index in [1.807, 2.05) is 31.2 Å². The first kappa shape index (κ1) is 14.6. The van der Waals surface area contributed by atoms with Gasteiger partial charge in [-0.05, 0) is 25.4 Å². The Balaban J connectivity index is 2.64. The van der Waals surface area contributed by atoms with Crippen LogP contribution in [0.3, 0.4) is 0 Å². The molecule has 0 saturated carbocycles. The van der Waals surface area contributed by atoms with Gasteiger partial charge < -0.3 is 15.2 Å². The van der Waals surface area contributed by atoms with Gasteiger partial charge in [0.05, 0.1) is 11.3 Å². The minimum Gasteiger partial charge on any atom is -0.478 e. The number of carboxylic acid groups (broad SMARTS) is 1. The number of ether oxygens (including phenoxy) is 1. The van der Waals surface area contributed by atoms with E-state index in [1.54, 1.807) is 0 Å². The Kier molecular flexibility index (Phi) is 4.42. The Morgan fingerprint density at radius 1 is 1.50 bits per heavy atom. The highest BCUT2D eigenvalue weighted by molar-refractivity contribution is 6.65. The molecule has 0 fully saturated rings. The molecule has 0 saturated heterocycles. The number of aliphatic carboxylic acids is 1. The van der Waals surface area contributed by atoms with Gasteiger partial charge in [0.25, 0.3) is 0 Å². The standard InChI is InChI=1S/C14H15ClN2O3/c1-3-20-12-10-7-5-4-6-9(10)11(8(2)13(18)19)16-14(15)17-12/h4-7,12H,3H2,1-2H3,(H,16,17)(H,18,19)/b11-8-. The van der Waals surface area contributed by atoms with Gasteiger partial charge >= 0.3 is 5.97 Å². The molecule has 1 heterocycles. The summed E-state index contributed by atoms with van der Waals surface area (Å²) in [6, 6.07) is 7.36. The number of rotatable bonds is 3. The first-order chi connectivity index (χ1) is 9.54. The number of nitrogens with one attached hydrogen (secondary N) is 1. The second-order valence-corrected chi connectivity index (χ2v) is 4.60. The van der Waals surface area contributed by atoms with Crippen molar-refractivity contribution in [3.05, 3.63) is 41.0 Å². The van der Waals surface area contributed by atoms with Crippen LogP contribution in [0.5, 0.6) is 0 Å². The minimum absolute atomic E-state index is 0.107. The zero-order valence-corrected chi connectivity index (χ0v) is 11.9. The van der Waals surface area contributed by atoms with Crippen molar-refractivity contribution in [3.63, 3.8) is 0 Å². The third-order valence-corrected chi connectivity index (χ3v) is 3.17. The zero-order chi connectivity index (χ0) is 14.7. The Morgan fingerprint density at radius 2 is 2.20 bits per heavy atom. The van der Waals surface area contributed by atoms with E-state index >= 15 is 0 Å². The number of carboxylic acids is 1. The molecule has 0 aliphatic carbocycles. The first-order valence-electron chi connectivity index (χ1n) is 6.20. The van der Waals surface area contributed by atoms with Crippen molar-refractivity contribution < 1.29 is 14.6 Å². The van der Waals surface area contributed by atoms with Crippen LogP contribution in [0.2, 0.25) is 0 Å². The van der Waals surface area contributed by atoms with Gasteiger partial charge in [0.15, 0.2) is 11.5 Å². The Hall–Kier alpha value is -1.85. The highest BCUT2D eigenvalue weighted by Crippen LogP contribution is 2.31. The van der Waals surface area contributed by atoms with Crippen molar-refractivity contribution in [1.29, 1.82) is 0 Å². The van der Waals surface area contributed by atoms with Crippen LogP contribution in [0.15, 0.2) is 34.8 Å². The van der Waals surface area contributed by atoms with Crippen LogP contribution in [0.25, 0.3) is 5.70 Å². The average Bonchev–Trinajstić information content (AvgIpc) is 2.56. The monoisotopic (exact) mass is 294 g/mol. The molecule has 6 heteroatoms. The maximum Gasteiger partial charge on any atom is 0.333 e. The summed E-state index contributed by atoms with van der Waals surface area (Å²) < 4.78 is 5.57. The van der Waals surface area contributed by atoms with E-state index in [1.165, 1.54) is 6.92 Å². The molecule has 5 nitrogen and oxygen atoms in total. The molecule has 1 aliphatic heterocycles. The fourth-order valence-electron chi connectivity index (χ4n) is 2.00. The summed E-state index contributed by atoms with van der Waals surface area (Å²) in [5.41, 5.74) is 2.12. The van der Waals surface area contributed by atoms with Gasteiger partial charge in [-0.25, -0.2) is 9.79 Å². The lowest BCUT2D eigenvalue weighted by Crippen LogP contribution is -2.19. The predicted molar refractivity (Wildman–Crippen MR) is 77.5 cm³/mol. The third-order valence-electron chi connectivity index (χ3n) is 2.98. The SMILES string of the molecule is CCOC1N=C(Cl)N/C(=C(/C)C(=O)O)c2ccccc21. The maximum atomic E-state index is 11.2. The lowest BCUT2D eigenvalue weighted by Gasteiger charge is -2.15. The molecule has 0 radical (unpaired) electrons. The number of nitrogens with zero attached hydrogens (tertiary/aromatic N) is 1. The second kappa shape index (κ2) is 6.07. The lowest BCUT2D eigenvalue weighted by atomic mass is 10.0. The molecule has 106 valence electrons. The van der Waals surface area contributed by atoms with E-state index in [-0.39, 0.29) is 10.9 Å². The van der Waals surface area contributed by atoms with Crippen LogP contribution in [0, 0.1) is 0 Å². The number of amidine groups is 1. The van der Waals surface area contributed by atoms with Crippen molar-refractivity contribution in [3.8, 4) is 0 Å². The smallest absolute Gasteiger partial charge is 0.333 e. The van der Waals surface area contributed by atoms with Crippen LogP contribution in [0.1, 0.15) is 31.2 Å². The molecule has 2 N–H and O–H groups in total. The van der Waals surface area contributed by atoms with Crippen LogP contribution in [-0.2, 0) is 9.53 Å². The summed E-state index contributed by atoms with van der Waals surface area (Å²) in [5, 5.41) is 12.1. The lowest BCUT2D eigenvalue weighted by molar-refractivity contribution is -0.132. The molecule has 0 amide bonds. The summed E-state index contributed by atoms with van der Waals surface area (Å²) in [4.78, 5) is 15.4. The summed E-state index contributed by atoms with van der Waals surface area (Å²) in [5.74, 6) is -1.01. The van der Waals surface area contributed by atoms with Gasteiger partial charge in [0.2, 0.25) is 0 Å². The molecule has 1 unspecified atom stereocenters. The van der Waals surface area contributed by atoms with E-state index in [9.17, 15) is 9.90 Å². The Morgan fingerprint density at radius 3 is 2.85 bits per heavy atom. The van der Waals surface area contributed by atoms with Crippen molar-refractivity contribution in [1.82, 2.24) is 5.32 Å². The average molecular weight is 295 g/mol. The van der Waals surface area contributed by atoms with Crippen LogP contribution in [0.4, 0.5) is 0 Å². The van der Waals surface area contributed by atoms with E-state index in [0.717, 1.165) is 11.1 Å². The van der Waals surface area contributed by atoms with Crippen molar-refractivity contribution in [2.45, 2.75) is 20.1 Å². The predicted octanol–water partition coefficient (Wildman–Crippen LogP) is 2.74. The van der Waals surface area contributed by atoms with Crippen LogP contribution < -0.4 is 5.32 Å². The number of hydrogen-bond acceptors (Lipinski definition) is 4. The van der Waals surface area contributed by atoms with Crippen LogP contribution in [-0.4, -0.2) is 23.0 Å². The molecule has 1 aromatic carbocycles. The van der Waals surface area contributed by atoms with E-state index in [0.29, 0.717) is 12.3 Å². The van der Waals surface area contributed by atoms with E-state index in [4.69, 9.17) is 16.3 Å². The Labute approximate surface area is 121 Å². The normalized spacial score (nSPS) is 20.4. The first-order valence-corrected chi connectivity index (χ1v) is 6.57. The number of carbonyl (C=O) groups is 1. The Bertz CT molecular complexity index is 596. The van der Waals surface area contributed by atoms with E-state index < -0.39 is 12.2 Å². The third kappa shape index (κ3) is 2.84. The van der Waals surface area contributed by atoms with Crippen molar-refractivity contribution in [2.24, 2.45) is 4.99 Å². The fraction of sp³-hybridized carbons (Fsp3) is 0.286. The minimum atomic E-state index is -1.01. The largest absolute Gasteiger partial charge is 0.478 e. The topological polar surface area (TPSA) is 70.9 Å². The summed E-state index contributed by atoms with van der Waals surface area (Å²) in [7, 11) is 0. The molecule has 2 rings (SSSR count). The molecule has 20 heavy (non-hydrogen) atoms. The van der Waals surface area contributed by atoms with Gasteiger partial charge in [0.1, 0.15) is 0 Å². The molecular weight excluding hydrogens is 280 g/mol. The highest BCUT2D eigenvalue weighted by atomic mass is 35.5.